The molecule has 0 radical (unpaired) electrons. The van der Waals surface area contributed by atoms with Crippen LogP contribution in [0.2, 0.25) is 10.0 Å². The first-order chi connectivity index (χ1) is 9.44. The Bertz CT molecular complexity index is 575. The van der Waals surface area contributed by atoms with Gasteiger partial charge in [0.25, 0.3) is 0 Å². The van der Waals surface area contributed by atoms with E-state index in [0.717, 1.165) is 24.8 Å². The first kappa shape index (κ1) is 16.1. The van der Waals surface area contributed by atoms with E-state index in [1.807, 2.05) is 6.07 Å². The molecular weight excluding hydrogens is 317 g/mol. The van der Waals surface area contributed by atoms with Gasteiger partial charge in [-0.15, -0.1) is 0 Å². The minimum Gasteiger partial charge on any atom is -0.315 e. The molecule has 0 bridgehead atoms. The van der Waals surface area contributed by atoms with Crippen molar-refractivity contribution in [3.63, 3.8) is 0 Å². The standard InChI is InChI=1S/C14H19Cl2NO2S/c1-17-13(14-4-2-3-7-20(14,18)19)8-10-5-6-11(15)9-12(10)16/h5-6,9,13-14,17H,2-4,7-8H2,1H3. The summed E-state index contributed by atoms with van der Waals surface area (Å²) >= 11 is 12.1. The predicted molar refractivity (Wildman–Crippen MR) is 84.4 cm³/mol. The Morgan fingerprint density at radius 3 is 2.70 bits per heavy atom. The van der Waals surface area contributed by atoms with Gasteiger partial charge in [-0.1, -0.05) is 35.7 Å². The van der Waals surface area contributed by atoms with Crippen LogP contribution in [0.3, 0.4) is 0 Å². The maximum atomic E-state index is 12.2. The molecule has 1 heterocycles. The second-order valence-corrected chi connectivity index (χ2v) is 8.42. The van der Waals surface area contributed by atoms with Crippen LogP contribution >= 0.6 is 23.2 Å². The van der Waals surface area contributed by atoms with Crippen molar-refractivity contribution in [3.8, 4) is 0 Å². The molecule has 1 aromatic carbocycles. The average Bonchev–Trinajstić information content (AvgIpc) is 2.38. The van der Waals surface area contributed by atoms with Gasteiger partial charge < -0.3 is 5.32 Å². The van der Waals surface area contributed by atoms with Crippen molar-refractivity contribution in [1.82, 2.24) is 5.32 Å². The van der Waals surface area contributed by atoms with Gasteiger partial charge in [-0.3, -0.25) is 0 Å². The fraction of sp³-hybridized carbons (Fsp3) is 0.571. The molecule has 0 saturated carbocycles. The molecule has 2 rings (SSSR count). The molecule has 1 aliphatic rings. The summed E-state index contributed by atoms with van der Waals surface area (Å²) in [6.45, 7) is 0. The summed E-state index contributed by atoms with van der Waals surface area (Å²) in [6, 6.07) is 5.23. The zero-order valence-electron chi connectivity index (χ0n) is 11.4. The van der Waals surface area contributed by atoms with Crippen LogP contribution in [-0.2, 0) is 16.3 Å². The molecule has 0 spiro atoms. The van der Waals surface area contributed by atoms with Crippen LogP contribution in [0.25, 0.3) is 0 Å². The lowest BCUT2D eigenvalue weighted by Crippen LogP contribution is -2.46. The van der Waals surface area contributed by atoms with Crippen LogP contribution in [0.15, 0.2) is 18.2 Å². The average molecular weight is 336 g/mol. The van der Waals surface area contributed by atoms with E-state index in [9.17, 15) is 8.42 Å². The molecule has 20 heavy (non-hydrogen) atoms. The largest absolute Gasteiger partial charge is 0.315 e. The fourth-order valence-corrected chi connectivity index (χ4v) is 5.43. The Morgan fingerprint density at radius 1 is 1.35 bits per heavy atom. The van der Waals surface area contributed by atoms with Crippen molar-refractivity contribution >= 4 is 33.0 Å². The molecule has 1 fully saturated rings. The second-order valence-electron chi connectivity index (χ2n) is 5.24. The predicted octanol–water partition coefficient (Wildman–Crippen LogP) is 3.09. The third-order valence-corrected chi connectivity index (χ3v) is 6.83. The van der Waals surface area contributed by atoms with E-state index >= 15 is 0 Å². The van der Waals surface area contributed by atoms with Crippen LogP contribution in [0.1, 0.15) is 24.8 Å². The Balaban J connectivity index is 2.20. The van der Waals surface area contributed by atoms with Crippen molar-refractivity contribution in [2.45, 2.75) is 37.0 Å². The Hall–Kier alpha value is -0.290. The lowest BCUT2D eigenvalue weighted by molar-refractivity contribution is 0.456. The highest BCUT2D eigenvalue weighted by Crippen LogP contribution is 2.27. The van der Waals surface area contributed by atoms with Gasteiger partial charge in [0.1, 0.15) is 0 Å². The van der Waals surface area contributed by atoms with E-state index < -0.39 is 9.84 Å². The normalized spacial score (nSPS) is 23.4. The lowest BCUT2D eigenvalue weighted by Gasteiger charge is -2.30. The summed E-state index contributed by atoms with van der Waals surface area (Å²) in [4.78, 5) is 0. The molecule has 6 heteroatoms. The third-order valence-electron chi connectivity index (χ3n) is 3.90. The van der Waals surface area contributed by atoms with Gasteiger partial charge in [0.15, 0.2) is 9.84 Å². The number of hydrogen-bond acceptors (Lipinski definition) is 3. The summed E-state index contributed by atoms with van der Waals surface area (Å²) in [5.74, 6) is 0.296. The van der Waals surface area contributed by atoms with Gasteiger partial charge in [0.05, 0.1) is 11.0 Å². The molecule has 3 nitrogen and oxygen atoms in total. The Kier molecular flexibility index (Phi) is 5.35. The molecule has 0 amide bonds. The van der Waals surface area contributed by atoms with Crippen molar-refractivity contribution in [1.29, 1.82) is 0 Å². The Morgan fingerprint density at radius 2 is 2.10 bits per heavy atom. The second kappa shape index (κ2) is 6.65. The van der Waals surface area contributed by atoms with Crippen molar-refractivity contribution in [3.05, 3.63) is 33.8 Å². The minimum absolute atomic E-state index is 0.112. The van der Waals surface area contributed by atoms with Crippen LogP contribution in [0.5, 0.6) is 0 Å². The topological polar surface area (TPSA) is 46.2 Å². The van der Waals surface area contributed by atoms with E-state index in [0.29, 0.717) is 22.2 Å². The first-order valence-electron chi connectivity index (χ1n) is 6.77. The lowest BCUT2D eigenvalue weighted by atomic mass is 9.99. The minimum atomic E-state index is -3.01. The summed E-state index contributed by atoms with van der Waals surface area (Å²) in [7, 11) is -1.20. The molecule has 2 unspecified atom stereocenters. The fourth-order valence-electron chi connectivity index (χ4n) is 2.77. The van der Waals surface area contributed by atoms with E-state index in [1.165, 1.54) is 0 Å². The van der Waals surface area contributed by atoms with E-state index in [4.69, 9.17) is 23.2 Å². The molecule has 1 aliphatic heterocycles. The number of halogens is 2. The highest BCUT2D eigenvalue weighted by atomic mass is 35.5. The molecule has 0 aromatic heterocycles. The number of rotatable bonds is 4. The zero-order valence-corrected chi connectivity index (χ0v) is 13.7. The van der Waals surface area contributed by atoms with Gasteiger partial charge in [0.2, 0.25) is 0 Å². The Labute approximate surface area is 130 Å². The van der Waals surface area contributed by atoms with E-state index in [2.05, 4.69) is 5.32 Å². The van der Waals surface area contributed by atoms with Crippen LogP contribution in [-0.4, -0.2) is 32.5 Å². The molecule has 112 valence electrons. The monoisotopic (exact) mass is 335 g/mol. The number of hydrogen-bond donors (Lipinski definition) is 1. The summed E-state index contributed by atoms with van der Waals surface area (Å²) < 4.78 is 24.4. The molecule has 0 aliphatic carbocycles. The zero-order chi connectivity index (χ0) is 14.8. The number of sulfone groups is 1. The quantitative estimate of drug-likeness (QED) is 0.919. The highest BCUT2D eigenvalue weighted by Gasteiger charge is 2.34. The summed E-state index contributed by atoms with van der Waals surface area (Å²) in [5.41, 5.74) is 0.927. The van der Waals surface area contributed by atoms with Crippen LogP contribution in [0.4, 0.5) is 0 Å². The van der Waals surface area contributed by atoms with E-state index in [-0.39, 0.29) is 11.3 Å². The molecule has 1 saturated heterocycles. The maximum absolute atomic E-state index is 12.2. The summed E-state index contributed by atoms with van der Waals surface area (Å²) in [5, 5.41) is 4.00. The van der Waals surface area contributed by atoms with Gasteiger partial charge in [-0.2, -0.15) is 0 Å². The third kappa shape index (κ3) is 3.67. The van der Waals surface area contributed by atoms with Crippen LogP contribution < -0.4 is 5.32 Å². The van der Waals surface area contributed by atoms with Gasteiger partial charge in [-0.05, 0) is 44.0 Å². The number of nitrogens with one attached hydrogen (secondary N) is 1. The summed E-state index contributed by atoms with van der Waals surface area (Å²) in [6.07, 6.45) is 3.06. The highest BCUT2D eigenvalue weighted by molar-refractivity contribution is 7.92. The van der Waals surface area contributed by atoms with Crippen molar-refractivity contribution < 1.29 is 8.42 Å². The molecular formula is C14H19Cl2NO2S. The van der Waals surface area contributed by atoms with Crippen molar-refractivity contribution in [2.24, 2.45) is 0 Å². The van der Waals surface area contributed by atoms with Crippen molar-refractivity contribution in [2.75, 3.05) is 12.8 Å². The number of likely N-dealkylation sites (N-methyl/N-ethyl adjacent to an activating group) is 1. The van der Waals surface area contributed by atoms with Crippen LogP contribution in [0, 0.1) is 0 Å². The van der Waals surface area contributed by atoms with Gasteiger partial charge in [0, 0.05) is 16.1 Å². The maximum Gasteiger partial charge on any atom is 0.154 e. The SMILES string of the molecule is CNC(Cc1ccc(Cl)cc1Cl)C1CCCCS1(=O)=O. The smallest absolute Gasteiger partial charge is 0.154 e. The number of benzene rings is 1. The first-order valence-corrected chi connectivity index (χ1v) is 9.24. The molecule has 1 aromatic rings. The van der Waals surface area contributed by atoms with Gasteiger partial charge in [-0.25, -0.2) is 8.42 Å². The van der Waals surface area contributed by atoms with Gasteiger partial charge >= 0.3 is 0 Å². The van der Waals surface area contributed by atoms with E-state index in [1.54, 1.807) is 19.2 Å². The molecule has 2 atom stereocenters. The molecule has 1 N–H and O–H groups in total.